The normalized spacial score (nSPS) is 19.0. The Kier molecular flexibility index (Phi) is 6.95. The molecule has 1 aromatic heterocycles. The van der Waals surface area contributed by atoms with Crippen molar-refractivity contribution in [2.75, 3.05) is 11.4 Å². The van der Waals surface area contributed by atoms with Gasteiger partial charge in [-0.25, -0.2) is 4.90 Å². The van der Waals surface area contributed by atoms with Crippen molar-refractivity contribution in [3.05, 3.63) is 65.9 Å². The smallest absolute Gasteiger partial charge is 0.257 e. The number of carbonyl (C=O) groups is 3. The van der Waals surface area contributed by atoms with Crippen LogP contribution in [0, 0.1) is 5.92 Å². The van der Waals surface area contributed by atoms with Crippen LogP contribution in [0.2, 0.25) is 0 Å². The summed E-state index contributed by atoms with van der Waals surface area (Å²) in [7, 11) is 0. The van der Waals surface area contributed by atoms with E-state index in [4.69, 9.17) is 0 Å². The minimum absolute atomic E-state index is 0.0256. The van der Waals surface area contributed by atoms with Gasteiger partial charge in [-0.1, -0.05) is 63.4 Å². The number of benzene rings is 2. The summed E-state index contributed by atoms with van der Waals surface area (Å²) < 4.78 is 0. The molecule has 2 aliphatic rings. The third-order valence-electron chi connectivity index (χ3n) is 7.85. The first-order valence-electron chi connectivity index (χ1n) is 13.3. The predicted octanol–water partition coefficient (Wildman–Crippen LogP) is 5.57. The average molecular weight is 486 g/mol. The molecule has 1 saturated carbocycles. The molecule has 2 aromatic carbocycles. The van der Waals surface area contributed by atoms with Crippen LogP contribution in [0.3, 0.4) is 0 Å². The number of imide groups is 1. The summed E-state index contributed by atoms with van der Waals surface area (Å²) in [6.07, 6.45) is 7.60. The molecule has 1 unspecified atom stereocenters. The van der Waals surface area contributed by atoms with Crippen molar-refractivity contribution in [3.8, 4) is 0 Å². The maximum atomic E-state index is 13.8. The number of carbonyl (C=O) groups excluding carboxylic acids is 3. The lowest BCUT2D eigenvalue weighted by atomic mass is 9.87. The molecule has 1 N–H and O–H groups in total. The quantitative estimate of drug-likeness (QED) is 0.444. The zero-order chi connectivity index (χ0) is 25.2. The van der Waals surface area contributed by atoms with Crippen LogP contribution in [0.5, 0.6) is 0 Å². The molecule has 1 aliphatic carbocycles. The Bertz CT molecular complexity index is 1250. The second kappa shape index (κ2) is 10.3. The molecule has 0 radical (unpaired) electrons. The van der Waals surface area contributed by atoms with Gasteiger partial charge in [0.25, 0.3) is 5.91 Å². The van der Waals surface area contributed by atoms with Crippen molar-refractivity contribution in [1.82, 2.24) is 9.88 Å². The fourth-order valence-corrected chi connectivity index (χ4v) is 5.72. The second-order valence-electron chi connectivity index (χ2n) is 10.5. The van der Waals surface area contributed by atoms with Gasteiger partial charge in [0.1, 0.15) is 6.04 Å². The average Bonchev–Trinajstić information content (AvgIpc) is 3.44. The van der Waals surface area contributed by atoms with Crippen molar-refractivity contribution >= 4 is 34.3 Å². The summed E-state index contributed by atoms with van der Waals surface area (Å²) in [5.41, 5.74) is 3.91. The lowest BCUT2D eigenvalue weighted by Crippen LogP contribution is -2.48. The molecule has 6 heteroatoms. The highest BCUT2D eigenvalue weighted by molar-refractivity contribution is 6.23. The van der Waals surface area contributed by atoms with Crippen molar-refractivity contribution in [2.45, 2.75) is 70.8 Å². The Morgan fingerprint density at radius 1 is 1.03 bits per heavy atom. The van der Waals surface area contributed by atoms with Gasteiger partial charge in [0.05, 0.1) is 12.1 Å². The molecule has 0 spiro atoms. The zero-order valence-corrected chi connectivity index (χ0v) is 21.2. The molecule has 6 nitrogen and oxygen atoms in total. The van der Waals surface area contributed by atoms with Crippen molar-refractivity contribution in [3.63, 3.8) is 0 Å². The van der Waals surface area contributed by atoms with Crippen molar-refractivity contribution in [1.29, 1.82) is 0 Å². The maximum absolute atomic E-state index is 13.8. The molecule has 5 rings (SSSR count). The monoisotopic (exact) mass is 485 g/mol. The standard InChI is InChI=1S/C30H35N3O3/c1-20(2)21-12-14-24(15-13-21)33-28(34)18-27(30(33)36)32(29(35)22-8-4-3-5-9-22)17-16-23-19-31-26-11-7-6-10-25(23)26/h6-7,10-15,19-20,22,27,31H,3-5,8-9,16-18H2,1-2H3. The third kappa shape index (κ3) is 4.69. The van der Waals surface area contributed by atoms with E-state index in [0.29, 0.717) is 24.6 Å². The minimum Gasteiger partial charge on any atom is -0.361 e. The Morgan fingerprint density at radius 2 is 1.75 bits per heavy atom. The molecule has 188 valence electrons. The van der Waals surface area contributed by atoms with Crippen LogP contribution < -0.4 is 4.90 Å². The number of aromatic amines is 1. The van der Waals surface area contributed by atoms with Gasteiger partial charge in [-0.3, -0.25) is 14.4 Å². The minimum atomic E-state index is -0.748. The van der Waals surface area contributed by atoms with E-state index in [9.17, 15) is 14.4 Å². The number of para-hydroxylation sites is 1. The van der Waals surface area contributed by atoms with Gasteiger partial charge < -0.3 is 9.88 Å². The molecule has 1 aliphatic heterocycles. The van der Waals surface area contributed by atoms with Gasteiger partial charge in [0, 0.05) is 29.6 Å². The highest BCUT2D eigenvalue weighted by Crippen LogP contribution is 2.31. The number of aromatic nitrogens is 1. The molecule has 2 fully saturated rings. The SMILES string of the molecule is CC(C)c1ccc(N2C(=O)CC(N(CCc3c[nH]c4ccccc34)C(=O)C3CCCCC3)C2=O)cc1. The number of fused-ring (bicyclic) bond motifs is 1. The van der Waals surface area contributed by atoms with Gasteiger partial charge in [-0.2, -0.15) is 0 Å². The first-order chi connectivity index (χ1) is 17.4. The maximum Gasteiger partial charge on any atom is 0.257 e. The number of amides is 3. The van der Waals surface area contributed by atoms with Crippen LogP contribution in [0.25, 0.3) is 10.9 Å². The van der Waals surface area contributed by atoms with Gasteiger partial charge >= 0.3 is 0 Å². The van der Waals surface area contributed by atoms with Gasteiger partial charge in [-0.05, 0) is 54.5 Å². The van der Waals surface area contributed by atoms with E-state index >= 15 is 0 Å². The third-order valence-corrected chi connectivity index (χ3v) is 7.85. The van der Waals surface area contributed by atoms with Crippen LogP contribution in [-0.2, 0) is 20.8 Å². The first-order valence-corrected chi connectivity index (χ1v) is 13.3. The molecule has 1 saturated heterocycles. The van der Waals surface area contributed by atoms with E-state index in [-0.39, 0.29) is 30.1 Å². The van der Waals surface area contributed by atoms with E-state index < -0.39 is 6.04 Å². The molecule has 2 heterocycles. The van der Waals surface area contributed by atoms with E-state index in [0.717, 1.165) is 54.1 Å². The topological polar surface area (TPSA) is 73.5 Å². The van der Waals surface area contributed by atoms with Crippen LogP contribution >= 0.6 is 0 Å². The molecule has 3 amide bonds. The van der Waals surface area contributed by atoms with Crippen LogP contribution in [0.4, 0.5) is 5.69 Å². The Balaban J connectivity index is 1.40. The van der Waals surface area contributed by atoms with Gasteiger partial charge in [0.2, 0.25) is 11.8 Å². The summed E-state index contributed by atoms with van der Waals surface area (Å²) in [4.78, 5) is 46.8. The molecule has 36 heavy (non-hydrogen) atoms. The Morgan fingerprint density at radius 3 is 2.47 bits per heavy atom. The highest BCUT2D eigenvalue weighted by Gasteiger charge is 2.45. The molecule has 1 atom stereocenters. The summed E-state index contributed by atoms with van der Waals surface area (Å²) in [5.74, 6) is -0.206. The summed E-state index contributed by atoms with van der Waals surface area (Å²) in [5, 5.41) is 1.13. The van der Waals surface area contributed by atoms with Crippen LogP contribution in [0.15, 0.2) is 54.7 Å². The van der Waals surface area contributed by atoms with Crippen LogP contribution in [0.1, 0.15) is 69.4 Å². The number of H-pyrrole nitrogens is 1. The number of nitrogens with zero attached hydrogens (tertiary/aromatic N) is 2. The molecule has 3 aromatic rings. The van der Waals surface area contributed by atoms with E-state index in [1.165, 1.54) is 4.90 Å². The highest BCUT2D eigenvalue weighted by atomic mass is 16.2. The number of anilines is 1. The van der Waals surface area contributed by atoms with E-state index in [2.05, 4.69) is 24.9 Å². The van der Waals surface area contributed by atoms with Gasteiger partial charge in [-0.15, -0.1) is 0 Å². The van der Waals surface area contributed by atoms with E-state index in [1.54, 1.807) is 4.90 Å². The van der Waals surface area contributed by atoms with Gasteiger partial charge in [0.15, 0.2) is 0 Å². The zero-order valence-electron chi connectivity index (χ0n) is 21.2. The number of hydrogen-bond acceptors (Lipinski definition) is 3. The Labute approximate surface area is 212 Å². The molecular weight excluding hydrogens is 450 g/mol. The summed E-state index contributed by atoms with van der Waals surface area (Å²) in [6.45, 7) is 4.64. The van der Waals surface area contributed by atoms with E-state index in [1.807, 2.05) is 48.7 Å². The number of nitrogens with one attached hydrogen (secondary N) is 1. The summed E-state index contributed by atoms with van der Waals surface area (Å²) >= 11 is 0. The Hall–Kier alpha value is -3.41. The molecular formula is C30H35N3O3. The fraction of sp³-hybridized carbons (Fsp3) is 0.433. The van der Waals surface area contributed by atoms with Crippen LogP contribution in [-0.4, -0.2) is 40.2 Å². The largest absolute Gasteiger partial charge is 0.361 e. The lowest BCUT2D eigenvalue weighted by molar-refractivity contribution is -0.142. The predicted molar refractivity (Wildman–Crippen MR) is 142 cm³/mol. The first kappa shape index (κ1) is 24.3. The van der Waals surface area contributed by atoms with Crippen molar-refractivity contribution in [2.24, 2.45) is 5.92 Å². The lowest BCUT2D eigenvalue weighted by Gasteiger charge is -2.32. The second-order valence-corrected chi connectivity index (χ2v) is 10.5. The molecule has 0 bridgehead atoms. The number of rotatable bonds is 7. The number of hydrogen-bond donors (Lipinski definition) is 1. The summed E-state index contributed by atoms with van der Waals surface area (Å²) in [6, 6.07) is 15.0. The van der Waals surface area contributed by atoms with Crippen molar-refractivity contribution < 1.29 is 14.4 Å². The fourth-order valence-electron chi connectivity index (χ4n) is 5.72.